The maximum Gasteiger partial charge on any atom is 0.349 e. The number of aliphatic carboxylic acids is 1. The standard InChI is InChI=1S/C33H35NO12/c1-17(30(39)46-26(29(37)38)18-7-5-4-6-8-18)43-24(36)16-20(35)31(40)44-22-11-12-33(41)23-15-19-9-10-21(42-3)27-25(19)32(33,28(22)45-27)13-14-34(23)2/h4-11,17,20,23,26,28,35,41H,12-16H2,1-3H3,(H,37,38)/t17-,20-,23+,26-,28-,32-,33+/m0/s1. The van der Waals surface area contributed by atoms with Crippen LogP contribution < -0.4 is 9.47 Å². The Morgan fingerprint density at radius 3 is 2.52 bits per heavy atom. The molecule has 2 aliphatic heterocycles. The van der Waals surface area contributed by atoms with E-state index in [1.54, 1.807) is 24.3 Å². The van der Waals surface area contributed by atoms with E-state index in [0.29, 0.717) is 30.9 Å². The maximum atomic E-state index is 13.1. The fraction of sp³-hybridized carbons (Fsp3) is 0.455. The van der Waals surface area contributed by atoms with Crippen LogP contribution in [-0.2, 0) is 45.2 Å². The van der Waals surface area contributed by atoms with Crippen LogP contribution in [0.4, 0.5) is 0 Å². The lowest BCUT2D eigenvalue weighted by atomic mass is 9.50. The number of hydrogen-bond donors (Lipinski definition) is 3. The van der Waals surface area contributed by atoms with E-state index < -0.39 is 65.7 Å². The third kappa shape index (κ3) is 4.89. The summed E-state index contributed by atoms with van der Waals surface area (Å²) < 4.78 is 27.7. The lowest BCUT2D eigenvalue weighted by molar-refractivity contribution is -0.178. The van der Waals surface area contributed by atoms with E-state index >= 15 is 0 Å². The second-order valence-electron chi connectivity index (χ2n) is 12.1. The first kappa shape index (κ1) is 31.5. The number of ether oxygens (including phenoxy) is 5. The number of likely N-dealkylation sites (N-methyl/N-ethyl adjacent to an activating group) is 1. The van der Waals surface area contributed by atoms with Crippen LogP contribution in [0.25, 0.3) is 0 Å². The number of aliphatic hydroxyl groups is 2. The summed E-state index contributed by atoms with van der Waals surface area (Å²) in [6.07, 6.45) is -3.98. The summed E-state index contributed by atoms with van der Waals surface area (Å²) in [4.78, 5) is 51.9. The van der Waals surface area contributed by atoms with E-state index in [4.69, 9.17) is 23.7 Å². The summed E-state index contributed by atoms with van der Waals surface area (Å²) in [5.74, 6) is -3.73. The van der Waals surface area contributed by atoms with Crippen LogP contribution in [0.5, 0.6) is 11.5 Å². The van der Waals surface area contributed by atoms with Crippen molar-refractivity contribution in [1.82, 2.24) is 4.90 Å². The number of esters is 3. The molecule has 2 heterocycles. The van der Waals surface area contributed by atoms with Gasteiger partial charge in [-0.25, -0.2) is 14.4 Å². The Hall–Kier alpha value is -4.46. The largest absolute Gasteiger partial charge is 0.493 e. The zero-order valence-electron chi connectivity index (χ0n) is 25.5. The van der Waals surface area contributed by atoms with Crippen LogP contribution in [0.2, 0.25) is 0 Å². The predicted octanol–water partition coefficient (Wildman–Crippen LogP) is 1.57. The zero-order chi connectivity index (χ0) is 33.0. The van der Waals surface area contributed by atoms with Crippen molar-refractivity contribution in [2.24, 2.45) is 0 Å². The molecule has 0 radical (unpaired) electrons. The second-order valence-corrected chi connectivity index (χ2v) is 12.1. The SMILES string of the molecule is COc1ccc2c3c1O[C@H]1C(OC(=O)[C@@H](O)CC(=O)O[C@@H](C)C(=O)O[C@H](C(=O)O)c4ccccc4)=CC[C@@]4(O)[C@@H](C2)N(C)CC[C@]314. The van der Waals surface area contributed by atoms with E-state index in [0.717, 1.165) is 11.1 Å². The highest BCUT2D eigenvalue weighted by molar-refractivity contribution is 5.85. The molecule has 1 saturated heterocycles. The van der Waals surface area contributed by atoms with Crippen molar-refractivity contribution in [3.8, 4) is 11.5 Å². The third-order valence-electron chi connectivity index (χ3n) is 9.61. The minimum atomic E-state index is -1.96. The summed E-state index contributed by atoms with van der Waals surface area (Å²) in [7, 11) is 3.49. The highest BCUT2D eigenvalue weighted by atomic mass is 16.6. The quantitative estimate of drug-likeness (QED) is 0.253. The highest BCUT2D eigenvalue weighted by Crippen LogP contribution is 2.65. The first-order chi connectivity index (χ1) is 21.9. The average Bonchev–Trinajstić information content (AvgIpc) is 3.39. The van der Waals surface area contributed by atoms with Gasteiger partial charge in [-0.1, -0.05) is 36.4 Å². The topological polar surface area (TPSA) is 178 Å². The van der Waals surface area contributed by atoms with Crippen molar-refractivity contribution in [3.63, 3.8) is 0 Å². The van der Waals surface area contributed by atoms with Gasteiger partial charge in [-0.2, -0.15) is 0 Å². The minimum Gasteiger partial charge on any atom is -0.493 e. The van der Waals surface area contributed by atoms with Gasteiger partial charge in [0.15, 0.2) is 29.8 Å². The Morgan fingerprint density at radius 2 is 1.83 bits per heavy atom. The van der Waals surface area contributed by atoms with E-state index in [9.17, 15) is 34.5 Å². The van der Waals surface area contributed by atoms with E-state index in [2.05, 4.69) is 4.90 Å². The molecular weight excluding hydrogens is 602 g/mol. The normalized spacial score (nSPS) is 27.5. The fourth-order valence-corrected chi connectivity index (χ4v) is 7.41. The van der Waals surface area contributed by atoms with Gasteiger partial charge in [-0.3, -0.25) is 4.79 Å². The number of nitrogens with zero attached hydrogens (tertiary/aromatic N) is 1. The molecule has 4 aliphatic rings. The number of likely N-dealkylation sites (tertiary alicyclic amines) is 1. The number of carboxylic acid groups (broad SMARTS) is 1. The van der Waals surface area contributed by atoms with Crippen LogP contribution in [0, 0.1) is 0 Å². The Balaban J connectivity index is 1.13. The molecule has 2 bridgehead atoms. The Bertz CT molecular complexity index is 1610. The number of methoxy groups -OCH3 is 1. The smallest absolute Gasteiger partial charge is 0.349 e. The maximum absolute atomic E-state index is 13.1. The molecular formula is C33H35NO12. The van der Waals surface area contributed by atoms with Crippen molar-refractivity contribution in [2.75, 3.05) is 20.7 Å². The van der Waals surface area contributed by atoms with Gasteiger partial charge in [0.25, 0.3) is 0 Å². The lowest BCUT2D eigenvalue weighted by Gasteiger charge is -2.61. The number of rotatable bonds is 10. The molecule has 0 saturated carbocycles. The Kier molecular flexibility index (Phi) is 8.03. The van der Waals surface area contributed by atoms with Crippen molar-refractivity contribution in [1.29, 1.82) is 0 Å². The Morgan fingerprint density at radius 1 is 1.09 bits per heavy atom. The summed E-state index contributed by atoms with van der Waals surface area (Å²) in [6, 6.07) is 11.3. The number of hydrogen-bond acceptors (Lipinski definition) is 12. The third-order valence-corrected chi connectivity index (χ3v) is 9.61. The van der Waals surface area contributed by atoms with Crippen molar-refractivity contribution < 1.29 is 58.2 Å². The van der Waals surface area contributed by atoms with Gasteiger partial charge in [0, 0.05) is 23.6 Å². The number of carbonyl (C=O) groups excluding carboxylic acids is 3. The molecule has 2 aromatic rings. The van der Waals surface area contributed by atoms with E-state index in [1.165, 1.54) is 26.2 Å². The highest BCUT2D eigenvalue weighted by Gasteiger charge is 2.72. The van der Waals surface area contributed by atoms with Crippen molar-refractivity contribution in [3.05, 3.63) is 71.0 Å². The van der Waals surface area contributed by atoms with Gasteiger partial charge in [0.2, 0.25) is 6.10 Å². The molecule has 0 amide bonds. The summed E-state index contributed by atoms with van der Waals surface area (Å²) in [5.41, 5.74) is -0.0886. The molecule has 0 unspecified atom stereocenters. The van der Waals surface area contributed by atoms with E-state index in [1.807, 2.05) is 19.2 Å². The van der Waals surface area contributed by atoms with Crippen LogP contribution in [0.15, 0.2) is 54.3 Å². The molecule has 2 aliphatic carbocycles. The van der Waals surface area contributed by atoms with Crippen LogP contribution in [-0.4, -0.2) is 94.8 Å². The van der Waals surface area contributed by atoms with Crippen LogP contribution in [0.1, 0.15) is 49.0 Å². The average molecular weight is 638 g/mol. The number of piperidine rings is 1. The molecule has 7 atom stereocenters. The van der Waals surface area contributed by atoms with Gasteiger partial charge in [-0.05, 0) is 51.1 Å². The molecule has 3 N–H and O–H groups in total. The van der Waals surface area contributed by atoms with Crippen LogP contribution in [0.3, 0.4) is 0 Å². The summed E-state index contributed by atoms with van der Waals surface area (Å²) >= 11 is 0. The van der Waals surface area contributed by atoms with Crippen LogP contribution >= 0.6 is 0 Å². The molecule has 0 aromatic heterocycles. The molecule has 13 nitrogen and oxygen atoms in total. The zero-order valence-corrected chi connectivity index (χ0v) is 25.5. The van der Waals surface area contributed by atoms with Gasteiger partial charge >= 0.3 is 23.9 Å². The van der Waals surface area contributed by atoms with Crippen molar-refractivity contribution in [2.45, 2.75) is 74.1 Å². The van der Waals surface area contributed by atoms with Gasteiger partial charge in [0.1, 0.15) is 5.76 Å². The molecule has 46 heavy (non-hydrogen) atoms. The minimum absolute atomic E-state index is 0.106. The Labute approximate surface area is 264 Å². The van der Waals surface area contributed by atoms with E-state index in [-0.39, 0.29) is 23.8 Å². The molecule has 244 valence electrons. The molecule has 1 fully saturated rings. The summed E-state index contributed by atoms with van der Waals surface area (Å²) in [6.45, 7) is 1.84. The number of aliphatic hydroxyl groups excluding tert-OH is 1. The lowest BCUT2D eigenvalue weighted by Crippen LogP contribution is -2.74. The monoisotopic (exact) mass is 637 g/mol. The van der Waals surface area contributed by atoms with Crippen molar-refractivity contribution >= 4 is 23.9 Å². The number of benzene rings is 2. The molecule has 1 spiro atoms. The van der Waals surface area contributed by atoms with Gasteiger partial charge < -0.3 is 43.9 Å². The fourth-order valence-electron chi connectivity index (χ4n) is 7.41. The van der Waals surface area contributed by atoms with Gasteiger partial charge in [0.05, 0.1) is 24.5 Å². The second kappa shape index (κ2) is 11.7. The number of carbonyl (C=O) groups is 4. The molecule has 13 heteroatoms. The predicted molar refractivity (Wildman–Crippen MR) is 157 cm³/mol. The first-order valence-corrected chi connectivity index (χ1v) is 15.0. The number of carboxylic acids is 1. The summed E-state index contributed by atoms with van der Waals surface area (Å²) in [5, 5.41) is 32.4. The molecule has 2 aromatic carbocycles. The molecule has 6 rings (SSSR count). The van der Waals surface area contributed by atoms with Gasteiger partial charge in [-0.15, -0.1) is 0 Å². The first-order valence-electron chi connectivity index (χ1n) is 15.0.